The van der Waals surface area contributed by atoms with Gasteiger partial charge < -0.3 is 10.2 Å². The van der Waals surface area contributed by atoms with E-state index in [1.165, 1.54) is 38.8 Å². The molecule has 1 N–H and O–H groups in total. The molecule has 1 aromatic heterocycles. The Bertz CT molecular complexity index is 281. The lowest BCUT2D eigenvalue weighted by Crippen LogP contribution is -2.31. The Morgan fingerprint density at radius 2 is 1.61 bits per heavy atom. The monoisotopic (exact) mass is 250 g/mol. The molecule has 0 aliphatic carbocycles. The van der Waals surface area contributed by atoms with Crippen LogP contribution in [0, 0.1) is 0 Å². The molecule has 4 nitrogen and oxygen atoms in total. The fraction of sp³-hybridized carbons (Fsp3) is 0.714. The van der Waals surface area contributed by atoms with Crippen molar-refractivity contribution in [1.82, 2.24) is 14.9 Å². The third-order valence-electron chi connectivity index (χ3n) is 2.93. The zero-order valence-corrected chi connectivity index (χ0v) is 11.7. The highest BCUT2D eigenvalue weighted by Crippen LogP contribution is 2.00. The Hall–Kier alpha value is -1.16. The SMILES string of the molecule is CCCCN(CCCC)CCNc1ncccn1. The number of anilines is 1. The summed E-state index contributed by atoms with van der Waals surface area (Å²) in [5.74, 6) is 0.725. The van der Waals surface area contributed by atoms with Crippen molar-refractivity contribution >= 4 is 5.95 Å². The summed E-state index contributed by atoms with van der Waals surface area (Å²) < 4.78 is 0. The van der Waals surface area contributed by atoms with Gasteiger partial charge in [0.25, 0.3) is 0 Å². The Labute approximate surface area is 111 Å². The molecule has 1 heterocycles. The van der Waals surface area contributed by atoms with Gasteiger partial charge in [-0.2, -0.15) is 0 Å². The molecular weight excluding hydrogens is 224 g/mol. The van der Waals surface area contributed by atoms with Crippen LogP contribution in [0.3, 0.4) is 0 Å². The van der Waals surface area contributed by atoms with Crippen molar-refractivity contribution in [3.8, 4) is 0 Å². The smallest absolute Gasteiger partial charge is 0.222 e. The molecule has 4 heteroatoms. The van der Waals surface area contributed by atoms with Gasteiger partial charge in [0.2, 0.25) is 5.95 Å². The summed E-state index contributed by atoms with van der Waals surface area (Å²) in [5.41, 5.74) is 0. The number of rotatable bonds is 10. The van der Waals surface area contributed by atoms with Crippen LogP contribution in [0.5, 0.6) is 0 Å². The van der Waals surface area contributed by atoms with Crippen LogP contribution >= 0.6 is 0 Å². The maximum Gasteiger partial charge on any atom is 0.222 e. The number of hydrogen-bond acceptors (Lipinski definition) is 4. The van der Waals surface area contributed by atoms with Crippen LogP contribution in [0.25, 0.3) is 0 Å². The molecular formula is C14H26N4. The van der Waals surface area contributed by atoms with Gasteiger partial charge in [-0.15, -0.1) is 0 Å². The van der Waals surface area contributed by atoms with Gasteiger partial charge >= 0.3 is 0 Å². The Kier molecular flexibility index (Phi) is 8.13. The van der Waals surface area contributed by atoms with Gasteiger partial charge in [0.05, 0.1) is 0 Å². The zero-order chi connectivity index (χ0) is 13.1. The van der Waals surface area contributed by atoms with E-state index >= 15 is 0 Å². The number of nitrogens with zero attached hydrogens (tertiary/aromatic N) is 3. The van der Waals surface area contributed by atoms with E-state index < -0.39 is 0 Å². The van der Waals surface area contributed by atoms with E-state index in [1.807, 2.05) is 6.07 Å². The van der Waals surface area contributed by atoms with Crippen molar-refractivity contribution in [2.24, 2.45) is 0 Å². The van der Waals surface area contributed by atoms with E-state index in [4.69, 9.17) is 0 Å². The second kappa shape index (κ2) is 9.83. The summed E-state index contributed by atoms with van der Waals surface area (Å²) in [6, 6.07) is 1.83. The second-order valence-electron chi connectivity index (χ2n) is 4.55. The van der Waals surface area contributed by atoms with E-state index in [0.717, 1.165) is 19.0 Å². The molecule has 0 saturated carbocycles. The van der Waals surface area contributed by atoms with Gasteiger partial charge in [0.15, 0.2) is 0 Å². The molecule has 18 heavy (non-hydrogen) atoms. The third-order valence-corrected chi connectivity index (χ3v) is 2.93. The lowest BCUT2D eigenvalue weighted by Gasteiger charge is -2.21. The molecule has 0 bridgehead atoms. The van der Waals surface area contributed by atoms with Crippen molar-refractivity contribution in [1.29, 1.82) is 0 Å². The molecule has 0 atom stereocenters. The standard InChI is InChI=1S/C14H26N4/c1-3-5-11-18(12-6-4-2)13-10-17-14-15-8-7-9-16-14/h7-9H,3-6,10-13H2,1-2H3,(H,15,16,17). The summed E-state index contributed by atoms with van der Waals surface area (Å²) in [6.45, 7) is 8.87. The van der Waals surface area contributed by atoms with Crippen LogP contribution in [-0.2, 0) is 0 Å². The quantitative estimate of drug-likeness (QED) is 0.693. The maximum atomic E-state index is 4.16. The highest BCUT2D eigenvalue weighted by Gasteiger charge is 2.03. The number of nitrogens with one attached hydrogen (secondary N) is 1. The van der Waals surface area contributed by atoms with Crippen molar-refractivity contribution in [3.05, 3.63) is 18.5 Å². The topological polar surface area (TPSA) is 41.0 Å². The molecule has 102 valence electrons. The lowest BCUT2D eigenvalue weighted by molar-refractivity contribution is 0.275. The summed E-state index contributed by atoms with van der Waals surface area (Å²) in [4.78, 5) is 10.8. The van der Waals surface area contributed by atoms with Crippen LogP contribution in [0.4, 0.5) is 5.95 Å². The first-order valence-electron chi connectivity index (χ1n) is 7.10. The lowest BCUT2D eigenvalue weighted by atomic mass is 10.2. The minimum absolute atomic E-state index is 0.725. The summed E-state index contributed by atoms with van der Waals surface area (Å²) in [5, 5.41) is 3.26. The number of hydrogen-bond donors (Lipinski definition) is 1. The predicted octanol–water partition coefficient (Wildman–Crippen LogP) is 2.79. The molecule has 0 unspecified atom stereocenters. The van der Waals surface area contributed by atoms with Crippen molar-refractivity contribution in [2.75, 3.05) is 31.5 Å². The average Bonchev–Trinajstić information content (AvgIpc) is 2.42. The molecule has 0 spiro atoms. The largest absolute Gasteiger partial charge is 0.353 e. The molecule has 0 aromatic carbocycles. The van der Waals surface area contributed by atoms with Gasteiger partial charge in [0, 0.05) is 25.5 Å². The summed E-state index contributed by atoms with van der Waals surface area (Å²) in [7, 11) is 0. The Balaban J connectivity index is 2.23. The zero-order valence-electron chi connectivity index (χ0n) is 11.7. The van der Waals surface area contributed by atoms with E-state index in [-0.39, 0.29) is 0 Å². The normalized spacial score (nSPS) is 10.8. The first kappa shape index (κ1) is 14.9. The van der Waals surface area contributed by atoms with Crippen LogP contribution in [0.15, 0.2) is 18.5 Å². The summed E-state index contributed by atoms with van der Waals surface area (Å²) >= 11 is 0. The second-order valence-corrected chi connectivity index (χ2v) is 4.55. The Morgan fingerprint density at radius 3 is 2.17 bits per heavy atom. The molecule has 1 rings (SSSR count). The highest BCUT2D eigenvalue weighted by atomic mass is 15.2. The average molecular weight is 250 g/mol. The van der Waals surface area contributed by atoms with E-state index in [1.54, 1.807) is 12.4 Å². The number of unbranched alkanes of at least 4 members (excludes halogenated alkanes) is 2. The molecule has 0 aliphatic rings. The third kappa shape index (κ3) is 6.55. The van der Waals surface area contributed by atoms with Gasteiger partial charge in [-0.05, 0) is 32.0 Å². The van der Waals surface area contributed by atoms with E-state index in [9.17, 15) is 0 Å². The first-order chi connectivity index (χ1) is 8.86. The molecule has 1 aromatic rings. The van der Waals surface area contributed by atoms with Crippen LogP contribution in [0.2, 0.25) is 0 Å². The summed E-state index contributed by atoms with van der Waals surface area (Å²) in [6.07, 6.45) is 8.62. The minimum Gasteiger partial charge on any atom is -0.353 e. The molecule has 0 radical (unpaired) electrons. The van der Waals surface area contributed by atoms with Gasteiger partial charge in [-0.25, -0.2) is 9.97 Å². The predicted molar refractivity (Wildman–Crippen MR) is 76.8 cm³/mol. The molecule has 0 aliphatic heterocycles. The number of aromatic nitrogens is 2. The molecule has 0 saturated heterocycles. The fourth-order valence-electron chi connectivity index (χ4n) is 1.82. The Morgan fingerprint density at radius 1 is 1.00 bits per heavy atom. The van der Waals surface area contributed by atoms with Crippen LogP contribution < -0.4 is 5.32 Å². The van der Waals surface area contributed by atoms with E-state index in [2.05, 4.69) is 34.0 Å². The van der Waals surface area contributed by atoms with Crippen molar-refractivity contribution in [3.63, 3.8) is 0 Å². The van der Waals surface area contributed by atoms with Crippen molar-refractivity contribution in [2.45, 2.75) is 39.5 Å². The maximum absolute atomic E-state index is 4.16. The fourth-order valence-corrected chi connectivity index (χ4v) is 1.82. The van der Waals surface area contributed by atoms with Crippen LogP contribution in [0.1, 0.15) is 39.5 Å². The molecule has 0 fully saturated rings. The van der Waals surface area contributed by atoms with Gasteiger partial charge in [-0.1, -0.05) is 26.7 Å². The first-order valence-corrected chi connectivity index (χ1v) is 7.10. The molecule has 0 amide bonds. The van der Waals surface area contributed by atoms with Crippen molar-refractivity contribution < 1.29 is 0 Å². The highest BCUT2D eigenvalue weighted by molar-refractivity contribution is 5.21. The van der Waals surface area contributed by atoms with Crippen LogP contribution in [-0.4, -0.2) is 41.0 Å². The van der Waals surface area contributed by atoms with E-state index in [0.29, 0.717) is 0 Å². The minimum atomic E-state index is 0.725. The van der Waals surface area contributed by atoms with Gasteiger partial charge in [0.1, 0.15) is 0 Å². The van der Waals surface area contributed by atoms with Gasteiger partial charge in [-0.3, -0.25) is 0 Å².